The smallest absolute Gasteiger partial charge is 0.214 e. The molecular formula is C31H36N10O. The van der Waals surface area contributed by atoms with Gasteiger partial charge in [-0.2, -0.15) is 0 Å². The largest absolute Gasteiger partial charge is 0.395 e. The van der Waals surface area contributed by atoms with Crippen LogP contribution >= 0.6 is 0 Å². The highest BCUT2D eigenvalue weighted by Crippen LogP contribution is 2.30. The molecule has 3 N–H and O–H groups in total. The van der Waals surface area contributed by atoms with Crippen LogP contribution in [0.1, 0.15) is 22.5 Å². The zero-order valence-electron chi connectivity index (χ0n) is 24.5. The third kappa shape index (κ3) is 5.74. The van der Waals surface area contributed by atoms with Gasteiger partial charge < -0.3 is 20.6 Å². The number of imidazole rings is 1. The predicted octanol–water partition coefficient (Wildman–Crippen LogP) is 4.44. The molecule has 0 atom stereocenters. The maximum atomic E-state index is 9.26. The summed E-state index contributed by atoms with van der Waals surface area (Å²) in [6.45, 7) is 12.6. The first kappa shape index (κ1) is 27.6. The number of hydrogen-bond acceptors (Lipinski definition) is 10. The molecule has 0 spiro atoms. The van der Waals surface area contributed by atoms with Crippen molar-refractivity contribution in [1.29, 1.82) is 0 Å². The number of aliphatic hydroxyl groups excluding tert-OH is 1. The highest BCUT2D eigenvalue weighted by molar-refractivity contribution is 5.82. The van der Waals surface area contributed by atoms with Crippen molar-refractivity contribution in [3.63, 3.8) is 0 Å². The molecule has 1 aliphatic heterocycles. The topological polar surface area (TPSA) is 120 Å². The number of nitrogens with one attached hydrogen (secondary N) is 2. The van der Waals surface area contributed by atoms with E-state index in [0.717, 1.165) is 59.8 Å². The Morgan fingerprint density at radius 3 is 2.29 bits per heavy atom. The van der Waals surface area contributed by atoms with E-state index in [0.29, 0.717) is 35.8 Å². The highest BCUT2D eigenvalue weighted by atomic mass is 16.3. The predicted molar refractivity (Wildman–Crippen MR) is 166 cm³/mol. The van der Waals surface area contributed by atoms with Crippen LogP contribution in [-0.4, -0.2) is 78.8 Å². The number of aryl methyl sites for hydroxylation is 4. The molecule has 216 valence electrons. The summed E-state index contributed by atoms with van der Waals surface area (Å²) < 4.78 is 2.02. The molecule has 6 rings (SSSR count). The molecule has 5 aromatic rings. The van der Waals surface area contributed by atoms with Gasteiger partial charge in [0.05, 0.1) is 17.6 Å². The molecule has 1 aliphatic rings. The van der Waals surface area contributed by atoms with E-state index < -0.39 is 0 Å². The van der Waals surface area contributed by atoms with Crippen molar-refractivity contribution in [2.45, 2.75) is 27.7 Å². The lowest BCUT2D eigenvalue weighted by Gasteiger charge is -2.35. The zero-order chi connectivity index (χ0) is 29.2. The number of benzene rings is 2. The van der Waals surface area contributed by atoms with Crippen molar-refractivity contribution in [2.75, 3.05) is 54.9 Å². The third-order valence-electron chi connectivity index (χ3n) is 7.55. The summed E-state index contributed by atoms with van der Waals surface area (Å²) in [5.74, 6) is 4.19. The second-order valence-corrected chi connectivity index (χ2v) is 10.8. The monoisotopic (exact) mass is 564 g/mol. The molecule has 3 aromatic heterocycles. The fraction of sp³-hybridized carbons (Fsp3) is 0.323. The number of aliphatic hydroxyl groups is 1. The summed E-state index contributed by atoms with van der Waals surface area (Å²) >= 11 is 0. The second-order valence-electron chi connectivity index (χ2n) is 10.8. The molecule has 0 radical (unpaired) electrons. The van der Waals surface area contributed by atoms with Gasteiger partial charge >= 0.3 is 0 Å². The van der Waals surface area contributed by atoms with Crippen LogP contribution in [0.25, 0.3) is 16.9 Å². The van der Waals surface area contributed by atoms with Gasteiger partial charge in [-0.3, -0.25) is 9.47 Å². The number of para-hydroxylation sites is 2. The number of rotatable bonds is 8. The van der Waals surface area contributed by atoms with Crippen molar-refractivity contribution in [1.82, 2.24) is 34.4 Å². The molecule has 42 heavy (non-hydrogen) atoms. The zero-order valence-corrected chi connectivity index (χ0v) is 24.5. The van der Waals surface area contributed by atoms with Gasteiger partial charge in [-0.05, 0) is 51.0 Å². The lowest BCUT2D eigenvalue weighted by molar-refractivity contribution is 0.188. The number of anilines is 5. The Morgan fingerprint density at radius 1 is 0.786 bits per heavy atom. The molecule has 11 heteroatoms. The summed E-state index contributed by atoms with van der Waals surface area (Å²) in [6.07, 6.45) is 1.55. The molecule has 0 saturated carbocycles. The van der Waals surface area contributed by atoms with Crippen molar-refractivity contribution in [2.24, 2.45) is 0 Å². The van der Waals surface area contributed by atoms with E-state index in [1.807, 2.05) is 47.9 Å². The van der Waals surface area contributed by atoms with Gasteiger partial charge in [-0.1, -0.05) is 29.8 Å². The highest BCUT2D eigenvalue weighted by Gasteiger charge is 2.20. The molecule has 0 amide bonds. The van der Waals surface area contributed by atoms with Gasteiger partial charge in [-0.15, -0.1) is 0 Å². The number of piperazine rings is 1. The van der Waals surface area contributed by atoms with Gasteiger partial charge in [0.15, 0.2) is 0 Å². The molecular weight excluding hydrogens is 528 g/mol. The van der Waals surface area contributed by atoms with Crippen molar-refractivity contribution < 1.29 is 5.11 Å². The Balaban J connectivity index is 1.31. The van der Waals surface area contributed by atoms with E-state index in [2.05, 4.69) is 73.3 Å². The van der Waals surface area contributed by atoms with Crippen molar-refractivity contribution in [3.05, 3.63) is 77.4 Å². The second kappa shape index (κ2) is 11.7. The minimum Gasteiger partial charge on any atom is -0.395 e. The van der Waals surface area contributed by atoms with E-state index >= 15 is 0 Å². The molecule has 11 nitrogen and oxygen atoms in total. The van der Waals surface area contributed by atoms with Crippen LogP contribution in [0, 0.1) is 27.7 Å². The van der Waals surface area contributed by atoms with Crippen LogP contribution in [0.4, 0.5) is 29.1 Å². The Bertz CT molecular complexity index is 1700. The average Bonchev–Trinajstić information content (AvgIpc) is 3.33. The normalized spacial score (nSPS) is 14.0. The van der Waals surface area contributed by atoms with E-state index in [-0.39, 0.29) is 6.61 Å². The lowest BCUT2D eigenvalue weighted by atomic mass is 10.1. The molecule has 1 saturated heterocycles. The minimum atomic E-state index is 0.180. The van der Waals surface area contributed by atoms with Crippen LogP contribution < -0.4 is 15.5 Å². The molecule has 0 aliphatic carbocycles. The van der Waals surface area contributed by atoms with Gasteiger partial charge in [0, 0.05) is 50.5 Å². The molecule has 0 unspecified atom stereocenters. The summed E-state index contributed by atoms with van der Waals surface area (Å²) in [7, 11) is 0. The van der Waals surface area contributed by atoms with Crippen LogP contribution in [0.5, 0.6) is 0 Å². The quantitative estimate of drug-likeness (QED) is 0.249. The van der Waals surface area contributed by atoms with Crippen molar-refractivity contribution in [3.8, 4) is 5.82 Å². The molecule has 2 aromatic carbocycles. The van der Waals surface area contributed by atoms with Crippen LogP contribution in [0.3, 0.4) is 0 Å². The Morgan fingerprint density at radius 2 is 1.52 bits per heavy atom. The van der Waals surface area contributed by atoms with Gasteiger partial charge in [-0.25, -0.2) is 24.9 Å². The van der Waals surface area contributed by atoms with E-state index in [1.165, 1.54) is 5.56 Å². The summed E-state index contributed by atoms with van der Waals surface area (Å²) in [5.41, 5.74) is 6.37. The lowest BCUT2D eigenvalue weighted by Crippen LogP contribution is -2.47. The first-order valence-corrected chi connectivity index (χ1v) is 14.2. The average molecular weight is 565 g/mol. The van der Waals surface area contributed by atoms with Crippen LogP contribution in [0.2, 0.25) is 0 Å². The molecule has 4 heterocycles. The maximum absolute atomic E-state index is 9.26. The van der Waals surface area contributed by atoms with E-state index in [9.17, 15) is 5.11 Å². The van der Waals surface area contributed by atoms with Crippen LogP contribution in [0.15, 0.2) is 54.9 Å². The fourth-order valence-corrected chi connectivity index (χ4v) is 5.62. The first-order valence-electron chi connectivity index (χ1n) is 14.2. The molecule has 0 bridgehead atoms. The standard InChI is InChI=1S/C31H36N10O/c1-20-15-21(2)30(22(3)16-20)38-31-36-24-7-5-6-8-25(24)41(31)28-17-26(32-19-33-28)37-27-18-29(35-23(4)34-27)40-11-9-39(10-12-40)13-14-42/h5-8,15-19,42H,9-14H2,1-4H3,(H,36,38)(H,32,33,34,35,37). The minimum absolute atomic E-state index is 0.180. The van der Waals surface area contributed by atoms with Gasteiger partial charge in [0.1, 0.15) is 35.4 Å². The number of β-amino-alcohol motifs (C(OH)–C–C–N with tert-alkyl or cyclic N) is 1. The number of aromatic nitrogens is 6. The maximum Gasteiger partial charge on any atom is 0.214 e. The summed E-state index contributed by atoms with van der Waals surface area (Å²) in [4.78, 5) is 27.9. The third-order valence-corrected chi connectivity index (χ3v) is 7.55. The summed E-state index contributed by atoms with van der Waals surface area (Å²) in [5, 5.41) is 16.2. The summed E-state index contributed by atoms with van der Waals surface area (Å²) in [6, 6.07) is 16.2. The fourth-order valence-electron chi connectivity index (χ4n) is 5.62. The van der Waals surface area contributed by atoms with Gasteiger partial charge in [0.2, 0.25) is 5.95 Å². The SMILES string of the molecule is Cc1cc(C)c(Nc2nc3ccccc3n2-c2cc(Nc3cc(N4CCN(CCO)CC4)nc(C)n3)ncn2)c(C)c1. The molecule has 1 fully saturated rings. The first-order chi connectivity index (χ1) is 20.4. The van der Waals surface area contributed by atoms with Crippen molar-refractivity contribution >= 4 is 40.1 Å². The Hall–Kier alpha value is -4.61. The van der Waals surface area contributed by atoms with Gasteiger partial charge in [0.25, 0.3) is 0 Å². The van der Waals surface area contributed by atoms with E-state index in [4.69, 9.17) is 4.98 Å². The number of nitrogens with zero attached hydrogens (tertiary/aromatic N) is 8. The number of fused-ring (bicyclic) bond motifs is 1. The Kier molecular flexibility index (Phi) is 7.68. The Labute approximate surface area is 245 Å². The van der Waals surface area contributed by atoms with Crippen LogP contribution in [-0.2, 0) is 0 Å². The van der Waals surface area contributed by atoms with E-state index in [1.54, 1.807) is 6.33 Å². The number of hydrogen-bond donors (Lipinski definition) is 3.